The molecule has 4 aliphatic heterocycles. The zero-order chi connectivity index (χ0) is 26.6. The number of β-amino-alcohol motifs (C(OH)–C–C–N with tert-alkyl or cyclic N) is 1. The standard InChI is InChI=1S/C29H44N4O4/c1-6-7-8-22-17-32(16-11-21(22)2)18-23(34)19-33-20-29(3,4)37-27-25(28(33)35)9-10-26(30-27)36-24-12-14-31(5)15-13-24/h6-10,23-24,26,30,34H,1,11-20H2,2-5H3/b8-7-/t23-,26?/m1/s1. The maximum absolute atomic E-state index is 13.5. The van der Waals surface area contributed by atoms with E-state index in [1.54, 1.807) is 11.0 Å². The summed E-state index contributed by atoms with van der Waals surface area (Å²) in [5.41, 5.74) is 2.51. The largest absolute Gasteiger partial charge is 0.471 e. The smallest absolute Gasteiger partial charge is 0.259 e. The molecule has 8 nitrogen and oxygen atoms in total. The van der Waals surface area contributed by atoms with Gasteiger partial charge in [0.25, 0.3) is 5.91 Å². The molecule has 0 aliphatic carbocycles. The average molecular weight is 513 g/mol. The molecule has 4 heterocycles. The molecule has 4 rings (SSSR count). The molecule has 1 amide bonds. The number of nitrogens with zero attached hydrogens (tertiary/aromatic N) is 3. The Hall–Kier alpha value is -2.39. The van der Waals surface area contributed by atoms with Gasteiger partial charge in [0, 0.05) is 39.3 Å². The summed E-state index contributed by atoms with van der Waals surface area (Å²) in [6, 6.07) is 0. The van der Waals surface area contributed by atoms with E-state index in [0.717, 1.165) is 45.4 Å². The third-order valence-corrected chi connectivity index (χ3v) is 7.51. The molecule has 0 bridgehead atoms. The molecule has 37 heavy (non-hydrogen) atoms. The van der Waals surface area contributed by atoms with Gasteiger partial charge in [0.15, 0.2) is 0 Å². The Morgan fingerprint density at radius 1 is 1.30 bits per heavy atom. The van der Waals surface area contributed by atoms with E-state index < -0.39 is 11.7 Å². The van der Waals surface area contributed by atoms with Gasteiger partial charge in [0.2, 0.25) is 5.88 Å². The molecule has 0 saturated carbocycles. The van der Waals surface area contributed by atoms with E-state index in [2.05, 4.69) is 41.7 Å². The predicted molar refractivity (Wildman–Crippen MR) is 146 cm³/mol. The lowest BCUT2D eigenvalue weighted by atomic mass is 10.0. The van der Waals surface area contributed by atoms with Gasteiger partial charge >= 0.3 is 0 Å². The summed E-state index contributed by atoms with van der Waals surface area (Å²) in [6.45, 7) is 14.7. The minimum atomic E-state index is -0.661. The highest BCUT2D eigenvalue weighted by atomic mass is 16.5. The number of dihydropyridines is 1. The normalized spacial score (nSPS) is 26.7. The summed E-state index contributed by atoms with van der Waals surface area (Å²) >= 11 is 0. The van der Waals surface area contributed by atoms with Crippen LogP contribution in [0.4, 0.5) is 0 Å². The molecule has 0 aromatic heterocycles. The summed E-state index contributed by atoms with van der Waals surface area (Å²) < 4.78 is 12.6. The number of hydrogen-bond donors (Lipinski definition) is 2. The third-order valence-electron chi connectivity index (χ3n) is 7.51. The fraction of sp³-hybridized carbons (Fsp3) is 0.621. The van der Waals surface area contributed by atoms with Crippen LogP contribution in [0.15, 0.2) is 59.6 Å². The van der Waals surface area contributed by atoms with Crippen molar-refractivity contribution in [2.45, 2.75) is 64.1 Å². The number of allylic oxidation sites excluding steroid dienone is 2. The molecular weight excluding hydrogens is 468 g/mol. The van der Waals surface area contributed by atoms with Gasteiger partial charge in [-0.25, -0.2) is 0 Å². The van der Waals surface area contributed by atoms with Crippen LogP contribution in [0.25, 0.3) is 0 Å². The molecule has 1 saturated heterocycles. The van der Waals surface area contributed by atoms with Crippen molar-refractivity contribution in [3.63, 3.8) is 0 Å². The van der Waals surface area contributed by atoms with Gasteiger partial charge in [-0.05, 0) is 64.8 Å². The number of nitrogens with one attached hydrogen (secondary N) is 1. The number of aliphatic hydroxyl groups is 1. The average Bonchev–Trinajstić information content (AvgIpc) is 2.93. The Balaban J connectivity index is 1.37. The number of carbonyl (C=O) groups is 1. The maximum Gasteiger partial charge on any atom is 0.259 e. The Morgan fingerprint density at radius 3 is 2.78 bits per heavy atom. The van der Waals surface area contributed by atoms with E-state index >= 15 is 0 Å². The van der Waals surface area contributed by atoms with Gasteiger partial charge in [-0.15, -0.1) is 0 Å². The van der Waals surface area contributed by atoms with Crippen LogP contribution in [0, 0.1) is 0 Å². The fourth-order valence-electron chi connectivity index (χ4n) is 5.42. The summed E-state index contributed by atoms with van der Waals surface area (Å²) in [6.07, 6.45) is 11.7. The van der Waals surface area contributed by atoms with Crippen LogP contribution in [0.2, 0.25) is 0 Å². The van der Waals surface area contributed by atoms with Crippen LogP contribution in [0.1, 0.15) is 40.0 Å². The summed E-state index contributed by atoms with van der Waals surface area (Å²) in [5.74, 6) is 0.327. The molecule has 0 radical (unpaired) electrons. The first-order valence-electron chi connectivity index (χ1n) is 13.5. The van der Waals surface area contributed by atoms with Crippen LogP contribution in [0.3, 0.4) is 0 Å². The number of carbonyl (C=O) groups excluding carboxylic acids is 1. The zero-order valence-electron chi connectivity index (χ0n) is 22.9. The first-order valence-corrected chi connectivity index (χ1v) is 13.5. The molecule has 8 heteroatoms. The molecule has 0 aromatic rings. The molecule has 1 fully saturated rings. The molecule has 0 aromatic carbocycles. The predicted octanol–water partition coefficient (Wildman–Crippen LogP) is 2.56. The number of piperidine rings is 1. The van der Waals surface area contributed by atoms with Crippen molar-refractivity contribution in [1.29, 1.82) is 0 Å². The Labute approximate surface area is 221 Å². The van der Waals surface area contributed by atoms with E-state index in [0.29, 0.717) is 24.5 Å². The highest BCUT2D eigenvalue weighted by molar-refractivity contribution is 5.97. The summed E-state index contributed by atoms with van der Waals surface area (Å²) in [7, 11) is 2.13. The van der Waals surface area contributed by atoms with Gasteiger partial charge in [-0.3, -0.25) is 9.69 Å². The SMILES string of the molecule is C=C/C=C\C1=C(C)CCN(C[C@@H](O)CN2CC(C)(C)OC3=C(C=CC(OC4CCN(C)CC4)N3)C2=O)C1. The maximum atomic E-state index is 13.5. The van der Waals surface area contributed by atoms with Gasteiger partial charge < -0.3 is 29.7 Å². The second-order valence-electron chi connectivity index (χ2n) is 11.4. The molecular formula is C29H44N4O4. The van der Waals surface area contributed by atoms with Crippen molar-refractivity contribution in [2.75, 3.05) is 52.9 Å². The van der Waals surface area contributed by atoms with Gasteiger partial charge in [-0.1, -0.05) is 30.4 Å². The Morgan fingerprint density at radius 2 is 2.05 bits per heavy atom. The third kappa shape index (κ3) is 7.35. The first-order chi connectivity index (χ1) is 17.6. The van der Waals surface area contributed by atoms with Crippen molar-refractivity contribution in [3.05, 3.63) is 59.6 Å². The number of hydrogen-bond acceptors (Lipinski definition) is 7. The minimum absolute atomic E-state index is 0.134. The molecule has 1 unspecified atom stereocenters. The lowest BCUT2D eigenvalue weighted by Crippen LogP contribution is -2.48. The molecule has 4 aliphatic rings. The van der Waals surface area contributed by atoms with Crippen LogP contribution >= 0.6 is 0 Å². The molecule has 204 valence electrons. The lowest BCUT2D eigenvalue weighted by Gasteiger charge is -2.34. The van der Waals surface area contributed by atoms with Crippen LogP contribution in [0.5, 0.6) is 0 Å². The number of aliphatic hydroxyl groups excluding tert-OH is 1. The lowest BCUT2D eigenvalue weighted by molar-refractivity contribution is -0.130. The highest BCUT2D eigenvalue weighted by Crippen LogP contribution is 2.28. The molecule has 2 N–H and O–H groups in total. The van der Waals surface area contributed by atoms with Crippen LogP contribution in [-0.4, -0.2) is 103 Å². The minimum Gasteiger partial charge on any atom is -0.471 e. The number of likely N-dealkylation sites (tertiary alicyclic amines) is 1. The van der Waals surface area contributed by atoms with Crippen LogP contribution < -0.4 is 5.32 Å². The second kappa shape index (κ2) is 12.0. The van der Waals surface area contributed by atoms with E-state index in [1.807, 2.05) is 32.1 Å². The topological polar surface area (TPSA) is 77.5 Å². The van der Waals surface area contributed by atoms with Crippen molar-refractivity contribution >= 4 is 5.91 Å². The Kier molecular flexibility index (Phi) is 8.95. The number of rotatable bonds is 8. The highest BCUT2D eigenvalue weighted by Gasteiger charge is 2.38. The van der Waals surface area contributed by atoms with Crippen molar-refractivity contribution in [3.8, 4) is 0 Å². The van der Waals surface area contributed by atoms with Crippen LogP contribution in [-0.2, 0) is 14.3 Å². The number of ether oxygens (including phenoxy) is 2. The fourth-order valence-corrected chi connectivity index (χ4v) is 5.42. The molecule has 0 spiro atoms. The quantitative estimate of drug-likeness (QED) is 0.484. The zero-order valence-corrected chi connectivity index (χ0v) is 22.9. The summed E-state index contributed by atoms with van der Waals surface area (Å²) in [4.78, 5) is 19.8. The molecule has 2 atom stereocenters. The van der Waals surface area contributed by atoms with Crippen molar-refractivity contribution in [1.82, 2.24) is 20.0 Å². The van der Waals surface area contributed by atoms with Crippen molar-refractivity contribution in [2.24, 2.45) is 0 Å². The number of amides is 1. The summed E-state index contributed by atoms with van der Waals surface area (Å²) in [5, 5.41) is 14.3. The monoisotopic (exact) mass is 512 g/mol. The Bertz CT molecular complexity index is 974. The van der Waals surface area contributed by atoms with E-state index in [4.69, 9.17) is 9.47 Å². The van der Waals surface area contributed by atoms with E-state index in [1.165, 1.54) is 11.1 Å². The van der Waals surface area contributed by atoms with E-state index in [9.17, 15) is 9.90 Å². The second-order valence-corrected chi connectivity index (χ2v) is 11.4. The van der Waals surface area contributed by atoms with Gasteiger partial charge in [0.05, 0.1) is 24.3 Å². The van der Waals surface area contributed by atoms with E-state index in [-0.39, 0.29) is 24.8 Å². The van der Waals surface area contributed by atoms with Gasteiger partial charge in [-0.2, -0.15) is 0 Å². The van der Waals surface area contributed by atoms with Crippen molar-refractivity contribution < 1.29 is 19.4 Å². The first kappa shape index (κ1) is 27.6. The van der Waals surface area contributed by atoms with Gasteiger partial charge in [0.1, 0.15) is 11.8 Å².